The standard InChI is InChI=1S/C17H22N2OS/c1-2-17(21-11-1)13-18-12-15-3-5-16(6-4-15)14-19-7-9-20-10-8-19/h1-6,11,18H,7-10,12-14H2. The first-order chi connectivity index (χ1) is 10.4. The predicted molar refractivity (Wildman–Crippen MR) is 87.4 cm³/mol. The van der Waals surface area contributed by atoms with Crippen LogP contribution >= 0.6 is 11.3 Å². The van der Waals surface area contributed by atoms with Crippen LogP contribution in [-0.2, 0) is 24.4 Å². The molecule has 21 heavy (non-hydrogen) atoms. The van der Waals surface area contributed by atoms with Gasteiger partial charge in [-0.25, -0.2) is 0 Å². The summed E-state index contributed by atoms with van der Waals surface area (Å²) in [6.45, 7) is 6.74. The molecule has 1 aliphatic heterocycles. The van der Waals surface area contributed by atoms with Gasteiger partial charge in [0.1, 0.15) is 0 Å². The number of thiophene rings is 1. The Labute approximate surface area is 130 Å². The molecule has 1 fully saturated rings. The van der Waals surface area contributed by atoms with Gasteiger partial charge in [-0.05, 0) is 22.6 Å². The van der Waals surface area contributed by atoms with Crippen molar-refractivity contribution in [3.63, 3.8) is 0 Å². The zero-order valence-electron chi connectivity index (χ0n) is 12.3. The molecule has 3 rings (SSSR count). The fourth-order valence-electron chi connectivity index (χ4n) is 2.52. The molecule has 0 saturated carbocycles. The molecule has 0 amide bonds. The SMILES string of the molecule is c1csc(CNCc2ccc(CN3CCOCC3)cc2)c1. The fourth-order valence-corrected chi connectivity index (χ4v) is 3.20. The smallest absolute Gasteiger partial charge is 0.0594 e. The lowest BCUT2D eigenvalue weighted by atomic mass is 10.1. The van der Waals surface area contributed by atoms with Crippen molar-refractivity contribution in [1.82, 2.24) is 10.2 Å². The van der Waals surface area contributed by atoms with Crippen LogP contribution in [0.4, 0.5) is 0 Å². The molecule has 1 saturated heterocycles. The highest BCUT2D eigenvalue weighted by atomic mass is 32.1. The molecule has 0 unspecified atom stereocenters. The maximum atomic E-state index is 5.38. The summed E-state index contributed by atoms with van der Waals surface area (Å²) in [6, 6.07) is 13.2. The Kier molecular flexibility index (Phi) is 5.40. The van der Waals surface area contributed by atoms with Gasteiger partial charge in [0, 0.05) is 37.6 Å². The van der Waals surface area contributed by atoms with Gasteiger partial charge in [-0.1, -0.05) is 30.3 Å². The minimum Gasteiger partial charge on any atom is -0.379 e. The van der Waals surface area contributed by atoms with E-state index in [0.29, 0.717) is 0 Å². The molecular formula is C17H22N2OS. The van der Waals surface area contributed by atoms with Crippen LogP contribution in [0.15, 0.2) is 41.8 Å². The normalized spacial score (nSPS) is 16.2. The average molecular weight is 302 g/mol. The molecule has 2 heterocycles. The summed E-state index contributed by atoms with van der Waals surface area (Å²) in [6.07, 6.45) is 0. The van der Waals surface area contributed by atoms with E-state index in [1.807, 2.05) is 0 Å². The molecular weight excluding hydrogens is 280 g/mol. The second kappa shape index (κ2) is 7.71. The zero-order valence-corrected chi connectivity index (χ0v) is 13.1. The Morgan fingerprint density at radius 2 is 1.76 bits per heavy atom. The third-order valence-electron chi connectivity index (χ3n) is 3.74. The molecule has 0 radical (unpaired) electrons. The number of benzene rings is 1. The maximum Gasteiger partial charge on any atom is 0.0594 e. The van der Waals surface area contributed by atoms with E-state index in [-0.39, 0.29) is 0 Å². The van der Waals surface area contributed by atoms with Crippen molar-refractivity contribution in [2.45, 2.75) is 19.6 Å². The molecule has 1 aromatic carbocycles. The predicted octanol–water partition coefficient (Wildman–Crippen LogP) is 2.87. The summed E-state index contributed by atoms with van der Waals surface area (Å²) in [5.41, 5.74) is 2.73. The van der Waals surface area contributed by atoms with Gasteiger partial charge < -0.3 is 10.1 Å². The Morgan fingerprint density at radius 1 is 1.00 bits per heavy atom. The summed E-state index contributed by atoms with van der Waals surface area (Å²) in [5.74, 6) is 0. The van der Waals surface area contributed by atoms with Crippen molar-refractivity contribution in [1.29, 1.82) is 0 Å². The van der Waals surface area contributed by atoms with E-state index in [0.717, 1.165) is 45.9 Å². The van der Waals surface area contributed by atoms with Crippen LogP contribution in [0.3, 0.4) is 0 Å². The van der Waals surface area contributed by atoms with E-state index in [9.17, 15) is 0 Å². The first kappa shape index (κ1) is 14.7. The lowest BCUT2D eigenvalue weighted by Crippen LogP contribution is -2.35. The van der Waals surface area contributed by atoms with Crippen molar-refractivity contribution < 1.29 is 4.74 Å². The van der Waals surface area contributed by atoms with Gasteiger partial charge in [0.05, 0.1) is 13.2 Å². The lowest BCUT2D eigenvalue weighted by molar-refractivity contribution is 0.0342. The van der Waals surface area contributed by atoms with Gasteiger partial charge in [-0.2, -0.15) is 0 Å². The third-order valence-corrected chi connectivity index (χ3v) is 4.62. The van der Waals surface area contributed by atoms with Gasteiger partial charge >= 0.3 is 0 Å². The monoisotopic (exact) mass is 302 g/mol. The molecule has 1 aliphatic rings. The van der Waals surface area contributed by atoms with E-state index in [4.69, 9.17) is 4.74 Å². The number of hydrogen-bond donors (Lipinski definition) is 1. The Bertz CT molecular complexity index is 518. The largest absolute Gasteiger partial charge is 0.379 e. The Balaban J connectivity index is 1.44. The highest BCUT2D eigenvalue weighted by Gasteiger charge is 2.10. The number of nitrogens with one attached hydrogen (secondary N) is 1. The second-order valence-corrected chi connectivity index (χ2v) is 6.42. The number of hydrogen-bond acceptors (Lipinski definition) is 4. The van der Waals surface area contributed by atoms with Crippen LogP contribution < -0.4 is 5.32 Å². The summed E-state index contributed by atoms with van der Waals surface area (Å²) in [4.78, 5) is 3.84. The molecule has 0 bridgehead atoms. The van der Waals surface area contributed by atoms with Gasteiger partial charge in [-0.15, -0.1) is 11.3 Å². The van der Waals surface area contributed by atoms with Crippen LogP contribution in [0.5, 0.6) is 0 Å². The van der Waals surface area contributed by atoms with Gasteiger partial charge in [0.15, 0.2) is 0 Å². The molecule has 2 aromatic rings. The van der Waals surface area contributed by atoms with Crippen molar-refractivity contribution in [2.24, 2.45) is 0 Å². The van der Waals surface area contributed by atoms with Crippen LogP contribution in [0, 0.1) is 0 Å². The van der Waals surface area contributed by atoms with Crippen molar-refractivity contribution >= 4 is 11.3 Å². The Hall–Kier alpha value is -1.20. The third kappa shape index (κ3) is 4.64. The molecule has 1 N–H and O–H groups in total. The highest BCUT2D eigenvalue weighted by molar-refractivity contribution is 7.09. The fraction of sp³-hybridized carbons (Fsp3) is 0.412. The minimum atomic E-state index is 0.866. The van der Waals surface area contributed by atoms with Crippen LogP contribution in [-0.4, -0.2) is 31.2 Å². The van der Waals surface area contributed by atoms with Crippen LogP contribution in [0.25, 0.3) is 0 Å². The maximum absolute atomic E-state index is 5.38. The van der Waals surface area contributed by atoms with E-state index in [2.05, 4.69) is 52.0 Å². The first-order valence-corrected chi connectivity index (χ1v) is 8.39. The lowest BCUT2D eigenvalue weighted by Gasteiger charge is -2.26. The molecule has 0 spiro atoms. The summed E-state index contributed by atoms with van der Waals surface area (Å²) in [5, 5.41) is 5.61. The summed E-state index contributed by atoms with van der Waals surface area (Å²) in [7, 11) is 0. The Morgan fingerprint density at radius 3 is 2.48 bits per heavy atom. The van der Waals surface area contributed by atoms with E-state index < -0.39 is 0 Å². The quantitative estimate of drug-likeness (QED) is 0.888. The van der Waals surface area contributed by atoms with Gasteiger partial charge in [0.2, 0.25) is 0 Å². The first-order valence-electron chi connectivity index (χ1n) is 7.51. The van der Waals surface area contributed by atoms with Crippen LogP contribution in [0.1, 0.15) is 16.0 Å². The average Bonchev–Trinajstić information content (AvgIpc) is 3.03. The summed E-state index contributed by atoms with van der Waals surface area (Å²) < 4.78 is 5.38. The number of nitrogens with zero attached hydrogens (tertiary/aromatic N) is 1. The highest BCUT2D eigenvalue weighted by Crippen LogP contribution is 2.10. The van der Waals surface area contributed by atoms with Crippen LogP contribution in [0.2, 0.25) is 0 Å². The molecule has 1 aromatic heterocycles. The van der Waals surface area contributed by atoms with Gasteiger partial charge in [0.25, 0.3) is 0 Å². The van der Waals surface area contributed by atoms with Crippen molar-refractivity contribution in [3.05, 3.63) is 57.8 Å². The van der Waals surface area contributed by atoms with Gasteiger partial charge in [-0.3, -0.25) is 4.90 Å². The van der Waals surface area contributed by atoms with Crippen molar-refractivity contribution in [2.75, 3.05) is 26.3 Å². The van der Waals surface area contributed by atoms with E-state index in [1.54, 1.807) is 11.3 Å². The summed E-state index contributed by atoms with van der Waals surface area (Å²) >= 11 is 1.80. The minimum absolute atomic E-state index is 0.866. The second-order valence-electron chi connectivity index (χ2n) is 5.39. The number of rotatable bonds is 6. The topological polar surface area (TPSA) is 24.5 Å². The molecule has 0 aliphatic carbocycles. The molecule has 4 heteroatoms. The molecule has 3 nitrogen and oxygen atoms in total. The van der Waals surface area contributed by atoms with E-state index >= 15 is 0 Å². The number of morpholine rings is 1. The molecule has 112 valence electrons. The number of ether oxygens (including phenoxy) is 1. The zero-order chi connectivity index (χ0) is 14.3. The van der Waals surface area contributed by atoms with Crippen molar-refractivity contribution in [3.8, 4) is 0 Å². The van der Waals surface area contributed by atoms with E-state index in [1.165, 1.54) is 16.0 Å². The molecule has 0 atom stereocenters.